The third kappa shape index (κ3) is 2.20. The summed E-state index contributed by atoms with van der Waals surface area (Å²) in [6, 6.07) is 5.83. The molecule has 1 unspecified atom stereocenters. The molecular formula is C14H16O3. The van der Waals surface area contributed by atoms with Crippen LogP contribution >= 0.6 is 0 Å². The van der Waals surface area contributed by atoms with Crippen molar-refractivity contribution in [2.75, 3.05) is 13.2 Å². The smallest absolute Gasteiger partial charge is 0.163 e. The fourth-order valence-corrected chi connectivity index (χ4v) is 2.47. The van der Waals surface area contributed by atoms with Crippen LogP contribution in [0.25, 0.3) is 0 Å². The van der Waals surface area contributed by atoms with Crippen LogP contribution in [0.2, 0.25) is 0 Å². The van der Waals surface area contributed by atoms with Gasteiger partial charge in [-0.2, -0.15) is 0 Å². The second-order valence-corrected chi connectivity index (χ2v) is 4.69. The van der Waals surface area contributed by atoms with E-state index in [1.807, 2.05) is 18.2 Å². The van der Waals surface area contributed by atoms with E-state index < -0.39 is 0 Å². The number of Topliss-reactive ketones (excluding diaryl/α,β-unsaturated/α-hetero) is 1. The van der Waals surface area contributed by atoms with Crippen LogP contribution in [0.4, 0.5) is 0 Å². The summed E-state index contributed by atoms with van der Waals surface area (Å²) in [6.07, 6.45) is 3.93. The molecule has 1 aliphatic carbocycles. The molecule has 3 nitrogen and oxygen atoms in total. The molecular weight excluding hydrogens is 216 g/mol. The Kier molecular flexibility index (Phi) is 2.85. The summed E-state index contributed by atoms with van der Waals surface area (Å²) >= 11 is 0. The molecule has 1 aliphatic heterocycles. The molecule has 0 spiro atoms. The third-order valence-corrected chi connectivity index (χ3v) is 3.46. The number of ketones is 1. The largest absolute Gasteiger partial charge is 0.491 e. The van der Waals surface area contributed by atoms with Crippen molar-refractivity contribution in [1.29, 1.82) is 0 Å². The van der Waals surface area contributed by atoms with Crippen molar-refractivity contribution in [2.45, 2.75) is 31.8 Å². The first kappa shape index (κ1) is 10.8. The predicted octanol–water partition coefficient (Wildman–Crippen LogP) is 2.37. The lowest BCUT2D eigenvalue weighted by Crippen LogP contribution is -2.16. The Morgan fingerprint density at radius 2 is 2.29 bits per heavy atom. The second-order valence-electron chi connectivity index (χ2n) is 4.69. The van der Waals surface area contributed by atoms with Crippen LogP contribution in [0.5, 0.6) is 5.75 Å². The van der Waals surface area contributed by atoms with E-state index in [4.69, 9.17) is 9.47 Å². The number of ether oxygens (including phenoxy) is 2. The van der Waals surface area contributed by atoms with E-state index in [1.54, 1.807) is 0 Å². The van der Waals surface area contributed by atoms with Gasteiger partial charge in [-0.1, -0.05) is 6.07 Å². The minimum atomic E-state index is 0.221. The molecule has 1 aromatic carbocycles. The van der Waals surface area contributed by atoms with E-state index in [9.17, 15) is 4.79 Å². The lowest BCUT2D eigenvalue weighted by Gasteiger charge is -2.12. The summed E-state index contributed by atoms with van der Waals surface area (Å²) < 4.78 is 11.2. The first-order valence-electron chi connectivity index (χ1n) is 6.23. The van der Waals surface area contributed by atoms with Gasteiger partial charge in [-0.15, -0.1) is 0 Å². The Bertz CT molecular complexity index is 433. The first-order valence-corrected chi connectivity index (χ1v) is 6.23. The molecule has 0 amide bonds. The molecule has 17 heavy (non-hydrogen) atoms. The molecule has 1 atom stereocenters. The summed E-state index contributed by atoms with van der Waals surface area (Å²) in [7, 11) is 0. The molecule has 0 aromatic heterocycles. The number of hydrogen-bond donors (Lipinski definition) is 0. The predicted molar refractivity (Wildman–Crippen MR) is 63.6 cm³/mol. The molecule has 0 radical (unpaired) electrons. The van der Waals surface area contributed by atoms with Gasteiger partial charge in [-0.25, -0.2) is 0 Å². The van der Waals surface area contributed by atoms with E-state index in [0.717, 1.165) is 42.7 Å². The molecule has 1 fully saturated rings. The van der Waals surface area contributed by atoms with E-state index >= 15 is 0 Å². The lowest BCUT2D eigenvalue weighted by atomic mass is 10.1. The minimum Gasteiger partial charge on any atom is -0.491 e. The maximum atomic E-state index is 11.6. The van der Waals surface area contributed by atoms with Gasteiger partial charge in [0, 0.05) is 18.6 Å². The molecule has 0 saturated carbocycles. The molecule has 0 N–H and O–H groups in total. The van der Waals surface area contributed by atoms with Crippen molar-refractivity contribution in [3.63, 3.8) is 0 Å². The Morgan fingerprint density at radius 3 is 3.12 bits per heavy atom. The van der Waals surface area contributed by atoms with Gasteiger partial charge in [0.05, 0.1) is 6.10 Å². The van der Waals surface area contributed by atoms with Crippen molar-refractivity contribution in [1.82, 2.24) is 0 Å². The number of hydrogen-bond acceptors (Lipinski definition) is 3. The van der Waals surface area contributed by atoms with E-state index in [2.05, 4.69) is 0 Å². The molecule has 3 rings (SSSR count). The molecule has 90 valence electrons. The number of carbonyl (C=O) groups excluding carboxylic acids is 1. The summed E-state index contributed by atoms with van der Waals surface area (Å²) in [4.78, 5) is 11.6. The Hall–Kier alpha value is -1.35. The summed E-state index contributed by atoms with van der Waals surface area (Å²) in [5, 5.41) is 0. The van der Waals surface area contributed by atoms with Crippen LogP contribution in [0.1, 0.15) is 35.2 Å². The van der Waals surface area contributed by atoms with Gasteiger partial charge in [-0.05, 0) is 37.0 Å². The van der Waals surface area contributed by atoms with E-state index in [0.29, 0.717) is 13.0 Å². The quantitative estimate of drug-likeness (QED) is 0.802. The Balaban J connectivity index is 1.67. The van der Waals surface area contributed by atoms with Crippen LogP contribution in [-0.4, -0.2) is 25.1 Å². The fourth-order valence-electron chi connectivity index (χ4n) is 2.47. The van der Waals surface area contributed by atoms with Crippen LogP contribution < -0.4 is 4.74 Å². The maximum absolute atomic E-state index is 11.6. The summed E-state index contributed by atoms with van der Waals surface area (Å²) in [6.45, 7) is 1.43. The average molecular weight is 232 g/mol. The Morgan fingerprint density at radius 1 is 1.35 bits per heavy atom. The summed E-state index contributed by atoms with van der Waals surface area (Å²) in [5.74, 6) is 1.03. The van der Waals surface area contributed by atoms with Gasteiger partial charge in [0.2, 0.25) is 0 Å². The van der Waals surface area contributed by atoms with Crippen molar-refractivity contribution in [3.05, 3.63) is 29.3 Å². The van der Waals surface area contributed by atoms with E-state index in [1.165, 1.54) is 0 Å². The molecule has 1 heterocycles. The maximum Gasteiger partial charge on any atom is 0.163 e. The van der Waals surface area contributed by atoms with Crippen molar-refractivity contribution >= 4 is 5.78 Å². The third-order valence-electron chi connectivity index (χ3n) is 3.46. The van der Waals surface area contributed by atoms with E-state index in [-0.39, 0.29) is 11.9 Å². The number of carbonyl (C=O) groups is 1. The van der Waals surface area contributed by atoms with Crippen molar-refractivity contribution in [3.8, 4) is 5.75 Å². The zero-order valence-electron chi connectivity index (χ0n) is 9.78. The molecule has 3 heteroatoms. The monoisotopic (exact) mass is 232 g/mol. The van der Waals surface area contributed by atoms with Crippen LogP contribution in [0.15, 0.2) is 18.2 Å². The van der Waals surface area contributed by atoms with Crippen molar-refractivity contribution in [2.24, 2.45) is 0 Å². The number of benzene rings is 1. The number of aryl methyl sites for hydroxylation is 1. The topological polar surface area (TPSA) is 35.5 Å². The van der Waals surface area contributed by atoms with Crippen LogP contribution in [-0.2, 0) is 11.2 Å². The molecule has 2 aliphatic rings. The van der Waals surface area contributed by atoms with Gasteiger partial charge in [0.1, 0.15) is 12.4 Å². The number of fused-ring (bicyclic) bond motifs is 1. The van der Waals surface area contributed by atoms with Gasteiger partial charge < -0.3 is 9.47 Å². The van der Waals surface area contributed by atoms with Gasteiger partial charge in [0.25, 0.3) is 0 Å². The lowest BCUT2D eigenvalue weighted by molar-refractivity contribution is 0.0679. The van der Waals surface area contributed by atoms with Gasteiger partial charge in [0.15, 0.2) is 5.78 Å². The zero-order chi connectivity index (χ0) is 11.7. The first-order chi connectivity index (χ1) is 8.33. The molecule has 1 saturated heterocycles. The normalized spacial score (nSPS) is 22.8. The highest BCUT2D eigenvalue weighted by atomic mass is 16.5. The molecule has 1 aromatic rings. The SMILES string of the molecule is O=C1CCc2ccc(OCC3CCCO3)cc21. The fraction of sp³-hybridized carbons (Fsp3) is 0.500. The molecule has 0 bridgehead atoms. The number of rotatable bonds is 3. The van der Waals surface area contributed by atoms with Gasteiger partial charge in [-0.3, -0.25) is 4.79 Å². The highest BCUT2D eigenvalue weighted by Crippen LogP contribution is 2.26. The Labute approximate surface area is 101 Å². The van der Waals surface area contributed by atoms with Gasteiger partial charge >= 0.3 is 0 Å². The van der Waals surface area contributed by atoms with Crippen LogP contribution in [0, 0.1) is 0 Å². The highest BCUT2D eigenvalue weighted by molar-refractivity contribution is 6.00. The summed E-state index contributed by atoms with van der Waals surface area (Å²) in [5.41, 5.74) is 1.99. The minimum absolute atomic E-state index is 0.221. The zero-order valence-corrected chi connectivity index (χ0v) is 9.78. The van der Waals surface area contributed by atoms with Crippen LogP contribution in [0.3, 0.4) is 0 Å². The second kappa shape index (κ2) is 4.49. The highest BCUT2D eigenvalue weighted by Gasteiger charge is 2.20. The van der Waals surface area contributed by atoms with Crippen molar-refractivity contribution < 1.29 is 14.3 Å². The standard InChI is InChI=1S/C14H16O3/c15-14-6-4-10-3-5-11(8-13(10)14)17-9-12-2-1-7-16-12/h3,5,8,12H,1-2,4,6-7,9H2. The average Bonchev–Trinajstić information content (AvgIpc) is 2.97.